The molecule has 0 saturated carbocycles. The number of benzene rings is 1. The smallest absolute Gasteiger partial charge is 0.191 e. The van der Waals surface area contributed by atoms with Crippen LogP contribution < -0.4 is 15.4 Å². The Bertz CT molecular complexity index is 469. The van der Waals surface area contributed by atoms with E-state index in [4.69, 9.17) is 9.47 Å². The van der Waals surface area contributed by atoms with Crippen molar-refractivity contribution in [2.75, 3.05) is 27.2 Å². The number of nitrogens with one attached hydrogen (secondary N) is 2. The molecule has 0 aliphatic rings. The second kappa shape index (κ2) is 8.63. The van der Waals surface area contributed by atoms with Gasteiger partial charge in [-0.25, -0.2) is 0 Å². The summed E-state index contributed by atoms with van der Waals surface area (Å²) in [4.78, 5) is 4.20. The summed E-state index contributed by atoms with van der Waals surface area (Å²) in [5.41, 5.74) is 0.991. The van der Waals surface area contributed by atoms with Crippen LogP contribution in [0.4, 0.5) is 0 Å². The normalized spacial score (nSPS) is 13.6. The average molecular weight is 307 g/mol. The van der Waals surface area contributed by atoms with Crippen molar-refractivity contribution in [2.24, 2.45) is 4.99 Å². The van der Waals surface area contributed by atoms with Gasteiger partial charge in [-0.2, -0.15) is 0 Å². The molecule has 5 nitrogen and oxygen atoms in total. The first-order valence-electron chi connectivity index (χ1n) is 7.59. The predicted octanol–water partition coefficient (Wildman–Crippen LogP) is 2.35. The zero-order valence-corrected chi connectivity index (χ0v) is 14.6. The van der Waals surface area contributed by atoms with Crippen molar-refractivity contribution >= 4 is 5.96 Å². The number of aliphatic imine (C=N–C) groups is 1. The maximum atomic E-state index is 5.86. The Balaban J connectivity index is 2.38. The van der Waals surface area contributed by atoms with E-state index in [0.717, 1.165) is 11.7 Å². The highest BCUT2D eigenvalue weighted by Crippen LogP contribution is 2.12. The van der Waals surface area contributed by atoms with Crippen molar-refractivity contribution in [1.29, 1.82) is 0 Å². The van der Waals surface area contributed by atoms with E-state index in [2.05, 4.69) is 22.5 Å². The maximum Gasteiger partial charge on any atom is 0.191 e. The third kappa shape index (κ3) is 6.80. The van der Waals surface area contributed by atoms with Gasteiger partial charge in [-0.15, -0.1) is 0 Å². The summed E-state index contributed by atoms with van der Waals surface area (Å²) in [5.74, 6) is 1.62. The zero-order chi connectivity index (χ0) is 16.6. The summed E-state index contributed by atoms with van der Waals surface area (Å²) in [6.45, 7) is 9.48. The van der Waals surface area contributed by atoms with Crippen molar-refractivity contribution in [3.63, 3.8) is 0 Å². The van der Waals surface area contributed by atoms with E-state index in [1.54, 1.807) is 14.2 Å². The van der Waals surface area contributed by atoms with Gasteiger partial charge in [-0.05, 0) is 39.8 Å². The SMILES string of the molecule is CN=C(NCC(C)Oc1ccc(C)cc1)NCC(C)(C)OC. The largest absolute Gasteiger partial charge is 0.489 e. The second-order valence-corrected chi connectivity index (χ2v) is 6.01. The predicted molar refractivity (Wildman–Crippen MR) is 91.7 cm³/mol. The van der Waals surface area contributed by atoms with E-state index < -0.39 is 0 Å². The van der Waals surface area contributed by atoms with Gasteiger partial charge in [-0.1, -0.05) is 17.7 Å². The Morgan fingerprint density at radius 3 is 2.41 bits per heavy atom. The summed E-state index contributed by atoms with van der Waals surface area (Å²) in [6, 6.07) is 8.06. The standard InChI is InChI=1S/C17H29N3O2/c1-13-7-9-15(10-8-13)22-14(2)11-19-16(18-5)20-12-17(3,4)21-6/h7-10,14H,11-12H2,1-6H3,(H2,18,19,20). The lowest BCUT2D eigenvalue weighted by molar-refractivity contribution is 0.0268. The van der Waals surface area contributed by atoms with Gasteiger partial charge in [0.2, 0.25) is 0 Å². The van der Waals surface area contributed by atoms with Gasteiger partial charge in [0.05, 0.1) is 12.1 Å². The molecule has 0 aromatic heterocycles. The third-order valence-corrected chi connectivity index (χ3v) is 3.37. The molecule has 0 aliphatic heterocycles. The first kappa shape index (κ1) is 18.3. The fourth-order valence-corrected chi connectivity index (χ4v) is 1.72. The van der Waals surface area contributed by atoms with Gasteiger partial charge in [0.1, 0.15) is 11.9 Å². The van der Waals surface area contributed by atoms with Crippen LogP contribution in [-0.2, 0) is 4.74 Å². The molecule has 0 fully saturated rings. The van der Waals surface area contributed by atoms with E-state index in [9.17, 15) is 0 Å². The molecule has 124 valence electrons. The van der Waals surface area contributed by atoms with Crippen LogP contribution in [0.1, 0.15) is 26.3 Å². The van der Waals surface area contributed by atoms with Crippen LogP contribution in [0.3, 0.4) is 0 Å². The molecule has 0 saturated heterocycles. The topological polar surface area (TPSA) is 54.9 Å². The van der Waals surface area contributed by atoms with Gasteiger partial charge in [0.15, 0.2) is 5.96 Å². The summed E-state index contributed by atoms with van der Waals surface area (Å²) in [6.07, 6.45) is 0.0386. The van der Waals surface area contributed by atoms with E-state index >= 15 is 0 Å². The Kier molecular flexibility index (Phi) is 7.18. The molecule has 0 amide bonds. The molecule has 0 heterocycles. The lowest BCUT2D eigenvalue weighted by Crippen LogP contribution is -2.47. The molecule has 1 aromatic rings. The first-order valence-corrected chi connectivity index (χ1v) is 7.59. The summed E-state index contributed by atoms with van der Waals surface area (Å²) >= 11 is 0. The van der Waals surface area contributed by atoms with Gasteiger partial charge in [-0.3, -0.25) is 4.99 Å². The quantitative estimate of drug-likeness (QED) is 0.600. The minimum absolute atomic E-state index is 0.0386. The molecule has 0 bridgehead atoms. The van der Waals surface area contributed by atoms with Crippen molar-refractivity contribution in [3.8, 4) is 5.75 Å². The molecule has 5 heteroatoms. The molecule has 1 atom stereocenters. The van der Waals surface area contributed by atoms with E-state index in [0.29, 0.717) is 13.1 Å². The highest BCUT2D eigenvalue weighted by molar-refractivity contribution is 5.79. The number of nitrogens with zero attached hydrogens (tertiary/aromatic N) is 1. The van der Waals surface area contributed by atoms with E-state index in [-0.39, 0.29) is 11.7 Å². The first-order chi connectivity index (χ1) is 10.4. The van der Waals surface area contributed by atoms with Crippen molar-refractivity contribution in [2.45, 2.75) is 39.4 Å². The monoisotopic (exact) mass is 307 g/mol. The molecule has 22 heavy (non-hydrogen) atoms. The van der Waals surface area contributed by atoms with Crippen molar-refractivity contribution in [1.82, 2.24) is 10.6 Å². The highest BCUT2D eigenvalue weighted by Gasteiger charge is 2.16. The fraction of sp³-hybridized carbons (Fsp3) is 0.588. The van der Waals surface area contributed by atoms with Crippen molar-refractivity contribution in [3.05, 3.63) is 29.8 Å². The van der Waals surface area contributed by atoms with Crippen LogP contribution in [0.5, 0.6) is 5.75 Å². The number of aryl methyl sites for hydroxylation is 1. The number of ether oxygens (including phenoxy) is 2. The molecular weight excluding hydrogens is 278 g/mol. The Morgan fingerprint density at radius 2 is 1.86 bits per heavy atom. The van der Waals surface area contributed by atoms with Crippen LogP contribution in [-0.4, -0.2) is 44.9 Å². The highest BCUT2D eigenvalue weighted by atomic mass is 16.5. The lowest BCUT2D eigenvalue weighted by atomic mass is 10.1. The van der Waals surface area contributed by atoms with Gasteiger partial charge in [0, 0.05) is 20.7 Å². The fourth-order valence-electron chi connectivity index (χ4n) is 1.72. The number of methoxy groups -OCH3 is 1. The van der Waals surface area contributed by atoms with Gasteiger partial charge < -0.3 is 20.1 Å². The third-order valence-electron chi connectivity index (χ3n) is 3.37. The average Bonchev–Trinajstić information content (AvgIpc) is 2.50. The minimum Gasteiger partial charge on any atom is -0.489 e. The summed E-state index contributed by atoms with van der Waals surface area (Å²) in [5, 5.41) is 6.50. The Hall–Kier alpha value is -1.75. The van der Waals surface area contributed by atoms with Crippen LogP contribution >= 0.6 is 0 Å². The number of hydrogen-bond donors (Lipinski definition) is 2. The number of hydrogen-bond acceptors (Lipinski definition) is 3. The Morgan fingerprint density at radius 1 is 1.23 bits per heavy atom. The van der Waals surface area contributed by atoms with E-state index in [1.807, 2.05) is 45.0 Å². The molecule has 0 aliphatic carbocycles. The summed E-state index contributed by atoms with van der Waals surface area (Å²) in [7, 11) is 3.45. The van der Waals surface area contributed by atoms with Crippen LogP contribution in [0.15, 0.2) is 29.3 Å². The van der Waals surface area contributed by atoms with Crippen LogP contribution in [0.2, 0.25) is 0 Å². The zero-order valence-electron chi connectivity index (χ0n) is 14.6. The van der Waals surface area contributed by atoms with Gasteiger partial charge >= 0.3 is 0 Å². The van der Waals surface area contributed by atoms with E-state index in [1.165, 1.54) is 5.56 Å². The Labute approximate surface area is 134 Å². The minimum atomic E-state index is -0.234. The van der Waals surface area contributed by atoms with Crippen LogP contribution in [0, 0.1) is 6.92 Å². The molecular formula is C17H29N3O2. The number of guanidine groups is 1. The lowest BCUT2D eigenvalue weighted by Gasteiger charge is -2.25. The van der Waals surface area contributed by atoms with Gasteiger partial charge in [0.25, 0.3) is 0 Å². The summed E-state index contributed by atoms with van der Waals surface area (Å²) < 4.78 is 11.2. The molecule has 1 unspecified atom stereocenters. The maximum absolute atomic E-state index is 5.86. The number of rotatable bonds is 7. The molecule has 1 rings (SSSR count). The molecule has 1 aromatic carbocycles. The molecule has 0 spiro atoms. The van der Waals surface area contributed by atoms with Crippen LogP contribution in [0.25, 0.3) is 0 Å². The van der Waals surface area contributed by atoms with Crippen molar-refractivity contribution < 1.29 is 9.47 Å². The molecule has 2 N–H and O–H groups in total. The second-order valence-electron chi connectivity index (χ2n) is 6.01. The molecule has 0 radical (unpaired) electrons.